The van der Waals surface area contributed by atoms with Crippen LogP contribution in [0.3, 0.4) is 0 Å². The maximum absolute atomic E-state index is 11.4. The summed E-state index contributed by atoms with van der Waals surface area (Å²) in [5.74, 6) is -5.03. The number of rotatable bonds is 11. The zero-order chi connectivity index (χ0) is 19.1. The number of carbonyl (C=O) groups excluding carboxylic acids is 1. The number of aliphatic hydroxyl groups is 6. The summed E-state index contributed by atoms with van der Waals surface area (Å²) < 4.78 is 4.40. The summed E-state index contributed by atoms with van der Waals surface area (Å²) in [4.78, 5) is 32.8. The quantitative estimate of drug-likeness (QED) is 0.125. The summed E-state index contributed by atoms with van der Waals surface area (Å²) in [6.07, 6.45) is -10.1. The van der Waals surface area contributed by atoms with E-state index in [9.17, 15) is 34.8 Å². The Balaban J connectivity index is 0. The third-order valence-corrected chi connectivity index (χ3v) is 3.02. The molecule has 0 aliphatic carbocycles. The second-order valence-electron chi connectivity index (χ2n) is 5.07. The first kappa shape index (κ1) is 26.4. The zero-order valence-corrected chi connectivity index (χ0v) is 12.3. The van der Waals surface area contributed by atoms with Crippen LogP contribution in [0.5, 0.6) is 0 Å². The summed E-state index contributed by atoms with van der Waals surface area (Å²) in [6.45, 7) is -1.86. The second-order valence-corrected chi connectivity index (χ2v) is 5.07. The number of aliphatic carboxylic acids is 2. The van der Waals surface area contributed by atoms with Gasteiger partial charge in [0, 0.05) is 0 Å². The fraction of sp³-hybridized carbons (Fsp3) is 0.750. The average molecular weight is 380 g/mol. The van der Waals surface area contributed by atoms with Gasteiger partial charge in [0.25, 0.3) is 0 Å². The number of aliphatic hydroxyl groups excluding tert-OH is 5. The van der Waals surface area contributed by atoms with E-state index in [-0.39, 0.29) is 29.6 Å². The Labute approximate surface area is 163 Å². The summed E-state index contributed by atoms with van der Waals surface area (Å²) >= 11 is 0. The minimum atomic E-state index is -2.92. The zero-order valence-electron chi connectivity index (χ0n) is 12.3. The van der Waals surface area contributed by atoms with Crippen molar-refractivity contribution >= 4 is 47.5 Å². The van der Waals surface area contributed by atoms with Crippen LogP contribution in [-0.2, 0) is 19.1 Å². The molecule has 0 saturated carbocycles. The molecular weight excluding hydrogens is 359 g/mol. The van der Waals surface area contributed by atoms with Crippen molar-refractivity contribution in [2.75, 3.05) is 13.2 Å². The van der Waals surface area contributed by atoms with Gasteiger partial charge in [-0.2, -0.15) is 0 Å². The Bertz CT molecular complexity index is 457. The first-order chi connectivity index (χ1) is 10.9. The van der Waals surface area contributed by atoms with Gasteiger partial charge in [0.15, 0.2) is 5.60 Å². The molecule has 0 aromatic rings. The Morgan fingerprint density at radius 2 is 1.40 bits per heavy atom. The van der Waals surface area contributed by atoms with Gasteiger partial charge in [0.05, 0.1) is 19.4 Å². The van der Waals surface area contributed by atoms with Gasteiger partial charge in [-0.1, -0.05) is 0 Å². The number of hydrogen-bond donors (Lipinski definition) is 8. The van der Waals surface area contributed by atoms with E-state index in [4.69, 9.17) is 20.4 Å². The van der Waals surface area contributed by atoms with Gasteiger partial charge in [0.1, 0.15) is 31.0 Å². The van der Waals surface area contributed by atoms with Crippen molar-refractivity contribution in [3.8, 4) is 0 Å². The Morgan fingerprint density at radius 1 is 0.920 bits per heavy atom. The van der Waals surface area contributed by atoms with Crippen LogP contribution in [0, 0.1) is 0 Å². The standard InChI is InChI=1S/C12H20O12.Na.H/c13-3-5(14)9(19)10(20)6(15)4-24-8(18)2-12(23,11(21)22)1-7(16)17;;/h5-6,9-10,13-15,19-20,23H,1-4H2,(H,16,17)(H,21,22);;/t5-,6-,9-,10-,12?;;/m1../s1. The summed E-state index contributed by atoms with van der Waals surface area (Å²) in [6, 6.07) is 0. The number of carboxylic acid groups (broad SMARTS) is 2. The fourth-order valence-electron chi connectivity index (χ4n) is 1.59. The number of ether oxygens (including phenoxy) is 1. The van der Waals surface area contributed by atoms with Crippen LogP contribution in [0.2, 0.25) is 0 Å². The molecule has 5 atom stereocenters. The molecule has 0 aromatic carbocycles. The molecule has 1 unspecified atom stereocenters. The summed E-state index contributed by atoms with van der Waals surface area (Å²) in [5.41, 5.74) is -2.92. The topological polar surface area (TPSA) is 222 Å². The molecule has 0 amide bonds. The Morgan fingerprint density at radius 3 is 1.80 bits per heavy atom. The normalized spacial score (nSPS) is 18.0. The van der Waals surface area contributed by atoms with Gasteiger partial charge < -0.3 is 45.6 Å². The van der Waals surface area contributed by atoms with Gasteiger partial charge in [-0.15, -0.1) is 0 Å². The van der Waals surface area contributed by atoms with Crippen LogP contribution in [0.4, 0.5) is 0 Å². The molecule has 0 heterocycles. The molecule has 0 aliphatic rings. The van der Waals surface area contributed by atoms with Gasteiger partial charge in [-0.25, -0.2) is 4.79 Å². The molecule has 142 valence electrons. The number of carbonyl (C=O) groups is 3. The van der Waals surface area contributed by atoms with Crippen molar-refractivity contribution in [3.63, 3.8) is 0 Å². The first-order valence-electron chi connectivity index (χ1n) is 6.61. The van der Waals surface area contributed by atoms with E-state index in [1.165, 1.54) is 0 Å². The predicted molar refractivity (Wildman–Crippen MR) is 78.7 cm³/mol. The van der Waals surface area contributed by atoms with E-state index in [0.717, 1.165) is 0 Å². The Kier molecular flexibility index (Phi) is 12.4. The van der Waals surface area contributed by atoms with Crippen molar-refractivity contribution < 1.29 is 60.0 Å². The second kappa shape index (κ2) is 11.7. The number of carboxylic acids is 2. The van der Waals surface area contributed by atoms with E-state index in [2.05, 4.69) is 4.74 Å². The molecule has 0 radical (unpaired) electrons. The third-order valence-electron chi connectivity index (χ3n) is 3.02. The summed E-state index contributed by atoms with van der Waals surface area (Å²) in [7, 11) is 0. The third kappa shape index (κ3) is 8.89. The molecule has 12 nitrogen and oxygen atoms in total. The van der Waals surface area contributed by atoms with Crippen LogP contribution >= 0.6 is 0 Å². The van der Waals surface area contributed by atoms with E-state index in [0.29, 0.717) is 0 Å². The predicted octanol–water partition coefficient (Wildman–Crippen LogP) is -5.00. The molecule has 0 aliphatic heterocycles. The molecule has 0 bridgehead atoms. The SMILES string of the molecule is O=C(O)CC(O)(CC(=O)OC[C@@H](O)[C@@H](O)[C@H](O)[C@H](O)CO)C(=O)O.[NaH]. The minimum absolute atomic E-state index is 0. The average Bonchev–Trinajstić information content (AvgIpc) is 2.49. The van der Waals surface area contributed by atoms with Crippen molar-refractivity contribution in [1.29, 1.82) is 0 Å². The van der Waals surface area contributed by atoms with Crippen LogP contribution < -0.4 is 0 Å². The monoisotopic (exact) mass is 380 g/mol. The van der Waals surface area contributed by atoms with E-state index >= 15 is 0 Å². The summed E-state index contributed by atoms with van der Waals surface area (Å²) in [5, 5.41) is 72.8. The fourth-order valence-corrected chi connectivity index (χ4v) is 1.59. The molecule has 8 N–H and O–H groups in total. The van der Waals surface area contributed by atoms with Gasteiger partial charge in [-0.3, -0.25) is 9.59 Å². The number of esters is 1. The molecule has 0 saturated heterocycles. The number of hydrogen-bond acceptors (Lipinski definition) is 10. The van der Waals surface area contributed by atoms with Gasteiger partial charge in [0.2, 0.25) is 0 Å². The van der Waals surface area contributed by atoms with Crippen LogP contribution in [0.25, 0.3) is 0 Å². The molecule has 25 heavy (non-hydrogen) atoms. The van der Waals surface area contributed by atoms with E-state index in [1.807, 2.05) is 0 Å². The van der Waals surface area contributed by atoms with Gasteiger partial charge >= 0.3 is 47.5 Å². The van der Waals surface area contributed by atoms with E-state index < -0.39 is 74.0 Å². The van der Waals surface area contributed by atoms with Crippen LogP contribution in [0.15, 0.2) is 0 Å². The van der Waals surface area contributed by atoms with Crippen molar-refractivity contribution in [1.82, 2.24) is 0 Å². The molecule has 0 fully saturated rings. The van der Waals surface area contributed by atoms with Gasteiger partial charge in [-0.05, 0) is 0 Å². The first-order valence-corrected chi connectivity index (χ1v) is 6.61. The van der Waals surface area contributed by atoms with Crippen LogP contribution in [-0.4, -0.2) is 132 Å². The van der Waals surface area contributed by atoms with Crippen molar-refractivity contribution in [3.05, 3.63) is 0 Å². The van der Waals surface area contributed by atoms with E-state index in [1.54, 1.807) is 0 Å². The van der Waals surface area contributed by atoms with Crippen LogP contribution in [0.1, 0.15) is 12.8 Å². The van der Waals surface area contributed by atoms with Crippen molar-refractivity contribution in [2.24, 2.45) is 0 Å². The molecule has 0 spiro atoms. The maximum atomic E-state index is 11.4. The molecule has 0 aromatic heterocycles. The molecular formula is C12H21NaO12. The molecule has 13 heteroatoms. The Hall–Kier alpha value is -0.830. The molecule has 0 rings (SSSR count). The van der Waals surface area contributed by atoms with Crippen molar-refractivity contribution in [2.45, 2.75) is 42.9 Å².